The molecule has 1 rings (SSSR count). The average Bonchev–Trinajstić information content (AvgIpc) is 2.52. The van der Waals surface area contributed by atoms with E-state index in [9.17, 15) is 14.9 Å². The van der Waals surface area contributed by atoms with Crippen molar-refractivity contribution in [2.75, 3.05) is 13.6 Å². The lowest BCUT2D eigenvalue weighted by molar-refractivity contribution is -0.384. The van der Waals surface area contributed by atoms with E-state index in [0.717, 1.165) is 25.7 Å². The first-order valence-corrected chi connectivity index (χ1v) is 8.60. The maximum atomic E-state index is 12.3. The zero-order valence-corrected chi connectivity index (χ0v) is 15.6. The van der Waals surface area contributed by atoms with Gasteiger partial charge in [0.1, 0.15) is 0 Å². The Hall–Kier alpha value is -1.40. The molecule has 126 valence electrons. The van der Waals surface area contributed by atoms with E-state index in [-0.39, 0.29) is 11.6 Å². The quantitative estimate of drug-likeness (QED) is 0.265. The number of likely N-dealkylation sites (N-methyl/N-ethyl adjacent to an activating group) is 1. The third-order valence-corrected chi connectivity index (χ3v) is 4.28. The first kappa shape index (κ1) is 19.6. The van der Waals surface area contributed by atoms with Gasteiger partial charge in [-0.1, -0.05) is 37.8 Å². The SMILES string of the molecule is CCCCCCN(C)C(=O)C(Br)=Cc1cc([N+](=O)[O-])ccc1Cl. The Balaban J connectivity index is 2.80. The third kappa shape index (κ3) is 6.31. The Morgan fingerprint density at radius 2 is 2.09 bits per heavy atom. The Morgan fingerprint density at radius 3 is 2.70 bits per heavy atom. The Morgan fingerprint density at radius 1 is 1.39 bits per heavy atom. The van der Waals surface area contributed by atoms with Gasteiger partial charge >= 0.3 is 0 Å². The second kappa shape index (κ2) is 9.67. The molecular weight excluding hydrogens is 384 g/mol. The molecule has 1 amide bonds. The van der Waals surface area contributed by atoms with E-state index in [2.05, 4.69) is 22.9 Å². The first-order valence-electron chi connectivity index (χ1n) is 7.43. The third-order valence-electron chi connectivity index (χ3n) is 3.37. The molecule has 5 nitrogen and oxygen atoms in total. The van der Waals surface area contributed by atoms with Crippen molar-refractivity contribution in [1.29, 1.82) is 0 Å². The van der Waals surface area contributed by atoms with Gasteiger partial charge in [0.05, 0.1) is 9.41 Å². The maximum Gasteiger partial charge on any atom is 0.270 e. The summed E-state index contributed by atoms with van der Waals surface area (Å²) in [5, 5.41) is 11.2. The molecular formula is C16H20BrClN2O3. The normalized spacial score (nSPS) is 11.4. The first-order chi connectivity index (χ1) is 10.9. The Kier molecular flexibility index (Phi) is 8.26. The number of rotatable bonds is 8. The predicted octanol–water partition coefficient (Wildman–Crippen LogP) is 5.02. The van der Waals surface area contributed by atoms with Crippen molar-refractivity contribution in [2.24, 2.45) is 0 Å². The maximum absolute atomic E-state index is 12.3. The lowest BCUT2D eigenvalue weighted by Crippen LogP contribution is -2.27. The molecule has 1 aromatic rings. The fraction of sp³-hybridized carbons (Fsp3) is 0.438. The van der Waals surface area contributed by atoms with Crippen LogP contribution in [0.1, 0.15) is 38.2 Å². The summed E-state index contributed by atoms with van der Waals surface area (Å²) in [5.41, 5.74) is 0.363. The number of halogens is 2. The minimum atomic E-state index is -0.497. The van der Waals surface area contributed by atoms with Crippen molar-refractivity contribution >= 4 is 45.2 Å². The molecule has 0 spiro atoms. The van der Waals surface area contributed by atoms with Crippen molar-refractivity contribution in [1.82, 2.24) is 4.90 Å². The summed E-state index contributed by atoms with van der Waals surface area (Å²) in [6, 6.07) is 4.12. The van der Waals surface area contributed by atoms with E-state index in [1.54, 1.807) is 11.9 Å². The number of carbonyl (C=O) groups is 1. The molecule has 7 heteroatoms. The summed E-state index contributed by atoms with van der Waals surface area (Å²) in [7, 11) is 1.73. The number of benzene rings is 1. The van der Waals surface area contributed by atoms with Gasteiger partial charge in [-0.15, -0.1) is 0 Å². The minimum absolute atomic E-state index is 0.0682. The second-order valence-corrected chi connectivity index (χ2v) is 6.50. The van der Waals surface area contributed by atoms with Gasteiger partial charge < -0.3 is 4.90 Å². The van der Waals surface area contributed by atoms with E-state index in [1.807, 2.05) is 0 Å². The highest BCUT2D eigenvalue weighted by Crippen LogP contribution is 2.26. The summed E-state index contributed by atoms with van der Waals surface area (Å²) in [6.45, 7) is 2.81. The zero-order chi connectivity index (χ0) is 17.4. The fourth-order valence-corrected chi connectivity index (χ4v) is 2.73. The lowest BCUT2D eigenvalue weighted by Gasteiger charge is -2.16. The van der Waals surface area contributed by atoms with Crippen LogP contribution in [0.2, 0.25) is 5.02 Å². The van der Waals surface area contributed by atoms with Gasteiger partial charge in [-0.3, -0.25) is 14.9 Å². The number of non-ortho nitro benzene ring substituents is 1. The van der Waals surface area contributed by atoms with Crippen molar-refractivity contribution in [3.05, 3.63) is 43.4 Å². The van der Waals surface area contributed by atoms with Crippen LogP contribution in [0, 0.1) is 10.1 Å². The fourth-order valence-electron chi connectivity index (χ4n) is 2.01. The summed E-state index contributed by atoms with van der Waals surface area (Å²) >= 11 is 9.28. The van der Waals surface area contributed by atoms with Crippen LogP contribution >= 0.6 is 27.5 Å². The molecule has 0 atom stereocenters. The highest BCUT2D eigenvalue weighted by Gasteiger charge is 2.14. The van der Waals surface area contributed by atoms with Crippen molar-refractivity contribution in [3.63, 3.8) is 0 Å². The molecule has 23 heavy (non-hydrogen) atoms. The molecule has 0 aromatic heterocycles. The van der Waals surface area contributed by atoms with Crippen LogP contribution in [0.4, 0.5) is 5.69 Å². The molecule has 0 bridgehead atoms. The minimum Gasteiger partial charge on any atom is -0.341 e. The lowest BCUT2D eigenvalue weighted by atomic mass is 10.1. The van der Waals surface area contributed by atoms with Gasteiger partial charge in [0.25, 0.3) is 11.6 Å². The number of nitro benzene ring substituents is 1. The molecule has 0 saturated carbocycles. The van der Waals surface area contributed by atoms with Crippen LogP contribution in [0.3, 0.4) is 0 Å². The van der Waals surface area contributed by atoms with Gasteiger partial charge in [-0.05, 0) is 34.5 Å². The van der Waals surface area contributed by atoms with E-state index in [1.165, 1.54) is 24.3 Å². The van der Waals surface area contributed by atoms with Gasteiger partial charge in [0.15, 0.2) is 0 Å². The molecule has 0 fully saturated rings. The van der Waals surface area contributed by atoms with Gasteiger partial charge in [0, 0.05) is 36.3 Å². The number of hydrogen-bond donors (Lipinski definition) is 0. The molecule has 0 unspecified atom stereocenters. The number of carbonyl (C=O) groups excluding carboxylic acids is 1. The van der Waals surface area contributed by atoms with Crippen LogP contribution in [-0.2, 0) is 4.79 Å². The number of hydrogen-bond acceptors (Lipinski definition) is 3. The summed E-state index contributed by atoms with van der Waals surface area (Å²) in [6.07, 6.45) is 5.86. The van der Waals surface area contributed by atoms with Crippen LogP contribution in [0.25, 0.3) is 6.08 Å². The van der Waals surface area contributed by atoms with Gasteiger partial charge in [-0.25, -0.2) is 0 Å². The topological polar surface area (TPSA) is 63.5 Å². The average molecular weight is 404 g/mol. The van der Waals surface area contributed by atoms with Crippen molar-refractivity contribution in [3.8, 4) is 0 Å². The Labute approximate surface area is 149 Å². The smallest absolute Gasteiger partial charge is 0.270 e. The number of unbranched alkanes of at least 4 members (excludes halogenated alkanes) is 3. The monoisotopic (exact) mass is 402 g/mol. The van der Waals surface area contributed by atoms with E-state index >= 15 is 0 Å². The van der Waals surface area contributed by atoms with Crippen molar-refractivity contribution < 1.29 is 9.72 Å². The molecule has 0 heterocycles. The standard InChI is InChI=1S/C16H20BrClN2O3/c1-3-4-5-6-9-19(2)16(21)14(17)11-12-10-13(20(22)23)7-8-15(12)18/h7-8,10-11H,3-6,9H2,1-2H3. The number of nitro groups is 1. The second-order valence-electron chi connectivity index (χ2n) is 5.24. The summed E-state index contributed by atoms with van der Waals surface area (Å²) in [4.78, 5) is 24.2. The highest BCUT2D eigenvalue weighted by atomic mass is 79.9. The van der Waals surface area contributed by atoms with Crippen LogP contribution < -0.4 is 0 Å². The largest absolute Gasteiger partial charge is 0.341 e. The van der Waals surface area contributed by atoms with Crippen LogP contribution in [0.15, 0.2) is 22.7 Å². The van der Waals surface area contributed by atoms with E-state index in [4.69, 9.17) is 11.6 Å². The zero-order valence-electron chi connectivity index (χ0n) is 13.2. The Bertz CT molecular complexity index is 605. The van der Waals surface area contributed by atoms with Crippen molar-refractivity contribution in [2.45, 2.75) is 32.6 Å². The molecule has 0 aliphatic carbocycles. The van der Waals surface area contributed by atoms with Crippen LogP contribution in [-0.4, -0.2) is 29.3 Å². The molecule has 0 aliphatic heterocycles. The molecule has 0 radical (unpaired) electrons. The molecule has 0 N–H and O–H groups in total. The summed E-state index contributed by atoms with van der Waals surface area (Å²) in [5.74, 6) is -0.177. The van der Waals surface area contributed by atoms with E-state index < -0.39 is 4.92 Å². The molecule has 0 aliphatic rings. The highest BCUT2D eigenvalue weighted by molar-refractivity contribution is 9.12. The van der Waals surface area contributed by atoms with E-state index in [0.29, 0.717) is 21.6 Å². The summed E-state index contributed by atoms with van der Waals surface area (Å²) < 4.78 is 0.317. The molecule has 1 aromatic carbocycles. The predicted molar refractivity (Wildman–Crippen MR) is 96.8 cm³/mol. The van der Waals surface area contributed by atoms with Gasteiger partial charge in [-0.2, -0.15) is 0 Å². The molecule has 0 saturated heterocycles. The van der Waals surface area contributed by atoms with Crippen LogP contribution in [0.5, 0.6) is 0 Å². The number of nitrogens with zero attached hydrogens (tertiary/aromatic N) is 2. The van der Waals surface area contributed by atoms with Gasteiger partial charge in [0.2, 0.25) is 0 Å². The number of amides is 1.